The molecule has 0 saturated heterocycles. The SMILES string of the molecule is CC(C)=CCNC(=O)NCC1(C(=O)O)CCCC1. The van der Waals surface area contributed by atoms with Crippen molar-refractivity contribution in [3.05, 3.63) is 11.6 Å². The van der Waals surface area contributed by atoms with Gasteiger partial charge in [0.2, 0.25) is 0 Å². The fourth-order valence-electron chi connectivity index (χ4n) is 2.18. The van der Waals surface area contributed by atoms with Crippen molar-refractivity contribution in [3.63, 3.8) is 0 Å². The Labute approximate surface area is 108 Å². The first-order valence-corrected chi connectivity index (χ1v) is 6.35. The second-order valence-corrected chi connectivity index (χ2v) is 5.14. The molecule has 0 aromatic heterocycles. The third-order valence-corrected chi connectivity index (χ3v) is 3.37. The van der Waals surface area contributed by atoms with Crippen LogP contribution in [0.4, 0.5) is 4.79 Å². The largest absolute Gasteiger partial charge is 0.481 e. The predicted molar refractivity (Wildman–Crippen MR) is 69.4 cm³/mol. The minimum Gasteiger partial charge on any atom is -0.481 e. The number of carboxylic acids is 1. The van der Waals surface area contributed by atoms with Gasteiger partial charge in [-0.3, -0.25) is 4.79 Å². The topological polar surface area (TPSA) is 78.4 Å². The van der Waals surface area contributed by atoms with E-state index < -0.39 is 11.4 Å². The molecule has 5 nitrogen and oxygen atoms in total. The van der Waals surface area contributed by atoms with Gasteiger partial charge in [-0.1, -0.05) is 24.5 Å². The van der Waals surface area contributed by atoms with Crippen LogP contribution in [0.5, 0.6) is 0 Å². The average Bonchev–Trinajstić information content (AvgIpc) is 2.75. The Hall–Kier alpha value is -1.52. The molecule has 1 rings (SSSR count). The maximum absolute atomic E-state index is 11.5. The van der Waals surface area contributed by atoms with E-state index in [-0.39, 0.29) is 12.6 Å². The zero-order chi connectivity index (χ0) is 13.6. The van der Waals surface area contributed by atoms with Crippen molar-refractivity contribution in [1.29, 1.82) is 0 Å². The van der Waals surface area contributed by atoms with Crippen molar-refractivity contribution in [1.82, 2.24) is 10.6 Å². The van der Waals surface area contributed by atoms with E-state index in [1.807, 2.05) is 19.9 Å². The van der Waals surface area contributed by atoms with Crippen molar-refractivity contribution in [3.8, 4) is 0 Å². The van der Waals surface area contributed by atoms with Crippen LogP contribution in [0.2, 0.25) is 0 Å². The molecule has 102 valence electrons. The first-order chi connectivity index (χ1) is 8.46. The van der Waals surface area contributed by atoms with Crippen LogP contribution < -0.4 is 10.6 Å². The fourth-order valence-corrected chi connectivity index (χ4v) is 2.18. The summed E-state index contributed by atoms with van der Waals surface area (Å²) in [5, 5.41) is 14.6. The first-order valence-electron chi connectivity index (χ1n) is 6.35. The Bertz CT molecular complexity index is 340. The molecule has 0 bridgehead atoms. The molecule has 2 amide bonds. The minimum atomic E-state index is -0.801. The molecule has 0 atom stereocenters. The number of carbonyl (C=O) groups is 2. The van der Waals surface area contributed by atoms with Crippen molar-refractivity contribution in [2.75, 3.05) is 13.1 Å². The molecule has 18 heavy (non-hydrogen) atoms. The van der Waals surface area contributed by atoms with Crippen molar-refractivity contribution in [2.45, 2.75) is 39.5 Å². The molecule has 0 aromatic rings. The average molecular weight is 254 g/mol. The maximum atomic E-state index is 11.5. The Morgan fingerprint density at radius 2 is 1.83 bits per heavy atom. The Kier molecular flexibility index (Phi) is 5.19. The highest BCUT2D eigenvalue weighted by molar-refractivity contribution is 5.78. The zero-order valence-electron chi connectivity index (χ0n) is 11.1. The monoisotopic (exact) mass is 254 g/mol. The molecule has 0 spiro atoms. The van der Waals surface area contributed by atoms with Gasteiger partial charge in [-0.2, -0.15) is 0 Å². The molecule has 0 unspecified atom stereocenters. The van der Waals surface area contributed by atoms with Crippen LogP contribution in [-0.4, -0.2) is 30.2 Å². The molecule has 5 heteroatoms. The van der Waals surface area contributed by atoms with E-state index >= 15 is 0 Å². The molecule has 1 fully saturated rings. The molecule has 1 aliphatic carbocycles. The van der Waals surface area contributed by atoms with Gasteiger partial charge in [0.05, 0.1) is 5.41 Å². The van der Waals surface area contributed by atoms with Crippen LogP contribution in [0.15, 0.2) is 11.6 Å². The van der Waals surface area contributed by atoms with Gasteiger partial charge in [-0.25, -0.2) is 4.79 Å². The van der Waals surface area contributed by atoms with Crippen molar-refractivity contribution >= 4 is 12.0 Å². The quantitative estimate of drug-likeness (QED) is 0.656. The van der Waals surface area contributed by atoms with Gasteiger partial charge in [0.15, 0.2) is 0 Å². The summed E-state index contributed by atoms with van der Waals surface area (Å²) in [7, 11) is 0. The number of carboxylic acid groups (broad SMARTS) is 1. The summed E-state index contributed by atoms with van der Waals surface area (Å²) in [6.07, 6.45) is 5.05. The molecular weight excluding hydrogens is 232 g/mol. The third kappa shape index (κ3) is 4.05. The van der Waals surface area contributed by atoms with Crippen molar-refractivity contribution < 1.29 is 14.7 Å². The van der Waals surface area contributed by atoms with Gasteiger partial charge in [0.25, 0.3) is 0 Å². The lowest BCUT2D eigenvalue weighted by molar-refractivity contribution is -0.148. The number of rotatable bonds is 5. The number of urea groups is 1. The Balaban J connectivity index is 2.37. The maximum Gasteiger partial charge on any atom is 0.315 e. The summed E-state index contributed by atoms with van der Waals surface area (Å²) in [5.74, 6) is -0.801. The van der Waals surface area contributed by atoms with Gasteiger partial charge >= 0.3 is 12.0 Å². The predicted octanol–water partition coefficient (Wildman–Crippen LogP) is 1.90. The van der Waals surface area contributed by atoms with Crippen LogP contribution in [0, 0.1) is 5.41 Å². The van der Waals surface area contributed by atoms with Crippen LogP contribution in [0.3, 0.4) is 0 Å². The number of allylic oxidation sites excluding steroid dienone is 1. The molecular formula is C13H22N2O3. The number of hydrogen-bond donors (Lipinski definition) is 3. The number of nitrogens with one attached hydrogen (secondary N) is 2. The highest BCUT2D eigenvalue weighted by Gasteiger charge is 2.41. The lowest BCUT2D eigenvalue weighted by Crippen LogP contribution is -2.45. The second-order valence-electron chi connectivity index (χ2n) is 5.14. The van der Waals surface area contributed by atoms with Crippen LogP contribution in [0.25, 0.3) is 0 Å². The van der Waals surface area contributed by atoms with E-state index in [4.69, 9.17) is 0 Å². The van der Waals surface area contributed by atoms with Crippen LogP contribution in [0.1, 0.15) is 39.5 Å². The summed E-state index contributed by atoms with van der Waals surface area (Å²) in [6.45, 7) is 4.59. The molecule has 0 radical (unpaired) electrons. The number of carbonyl (C=O) groups excluding carboxylic acids is 1. The standard InChI is InChI=1S/C13H22N2O3/c1-10(2)5-8-14-12(18)15-9-13(11(16)17)6-3-4-7-13/h5H,3-4,6-9H2,1-2H3,(H,16,17)(H2,14,15,18). The van der Waals surface area contributed by atoms with Crippen LogP contribution in [-0.2, 0) is 4.79 Å². The third-order valence-electron chi connectivity index (χ3n) is 3.37. The Morgan fingerprint density at radius 1 is 1.22 bits per heavy atom. The van der Waals surface area contributed by atoms with E-state index in [2.05, 4.69) is 10.6 Å². The summed E-state index contributed by atoms with van der Waals surface area (Å²) in [4.78, 5) is 22.8. The molecule has 1 aliphatic rings. The smallest absolute Gasteiger partial charge is 0.315 e. The van der Waals surface area contributed by atoms with E-state index in [0.29, 0.717) is 19.4 Å². The van der Waals surface area contributed by atoms with E-state index in [1.165, 1.54) is 0 Å². The molecule has 0 heterocycles. The van der Waals surface area contributed by atoms with Crippen molar-refractivity contribution in [2.24, 2.45) is 5.41 Å². The first kappa shape index (κ1) is 14.5. The summed E-state index contributed by atoms with van der Waals surface area (Å²) in [6, 6.07) is -0.306. The van der Waals surface area contributed by atoms with Gasteiger partial charge in [-0.15, -0.1) is 0 Å². The summed E-state index contributed by atoms with van der Waals surface area (Å²) >= 11 is 0. The molecule has 0 aromatic carbocycles. The molecule has 0 aliphatic heterocycles. The Morgan fingerprint density at radius 3 is 2.33 bits per heavy atom. The molecule has 1 saturated carbocycles. The zero-order valence-corrected chi connectivity index (χ0v) is 11.1. The highest BCUT2D eigenvalue weighted by Crippen LogP contribution is 2.37. The van der Waals surface area contributed by atoms with Crippen LogP contribution >= 0.6 is 0 Å². The van der Waals surface area contributed by atoms with E-state index in [1.54, 1.807) is 0 Å². The van der Waals surface area contributed by atoms with Gasteiger partial charge in [0.1, 0.15) is 0 Å². The van der Waals surface area contributed by atoms with Gasteiger partial charge in [0, 0.05) is 13.1 Å². The fraction of sp³-hybridized carbons (Fsp3) is 0.692. The van der Waals surface area contributed by atoms with E-state index in [0.717, 1.165) is 18.4 Å². The number of aliphatic carboxylic acids is 1. The number of amides is 2. The number of hydrogen-bond acceptors (Lipinski definition) is 2. The van der Waals surface area contributed by atoms with E-state index in [9.17, 15) is 14.7 Å². The molecule has 3 N–H and O–H groups in total. The summed E-state index contributed by atoms with van der Waals surface area (Å²) in [5.41, 5.74) is 0.376. The normalized spacial score (nSPS) is 17.0. The minimum absolute atomic E-state index is 0.211. The van der Waals surface area contributed by atoms with Gasteiger partial charge < -0.3 is 15.7 Å². The second kappa shape index (κ2) is 6.42. The van der Waals surface area contributed by atoms with Gasteiger partial charge in [-0.05, 0) is 26.7 Å². The highest BCUT2D eigenvalue weighted by atomic mass is 16.4. The lowest BCUT2D eigenvalue weighted by Gasteiger charge is -2.23. The summed E-state index contributed by atoms with van der Waals surface area (Å²) < 4.78 is 0. The lowest BCUT2D eigenvalue weighted by atomic mass is 9.86.